The van der Waals surface area contributed by atoms with Gasteiger partial charge in [0.1, 0.15) is 0 Å². The van der Waals surface area contributed by atoms with Crippen LogP contribution >= 0.6 is 0 Å². The predicted octanol–water partition coefficient (Wildman–Crippen LogP) is 0.759. The molecule has 0 radical (unpaired) electrons. The Hall–Kier alpha value is -0.770. The van der Waals surface area contributed by atoms with E-state index in [0.717, 1.165) is 0 Å². The monoisotopic (exact) mass is 175 g/mol. The van der Waals surface area contributed by atoms with Crippen molar-refractivity contribution >= 4 is 6.09 Å². The summed E-state index contributed by atoms with van der Waals surface area (Å²) in [7, 11) is 0. The molecule has 2 N–H and O–H groups in total. The molecule has 0 saturated carbocycles. The lowest BCUT2D eigenvalue weighted by molar-refractivity contribution is 0.118. The summed E-state index contributed by atoms with van der Waals surface area (Å²) in [5.74, 6) is 0.0885. The van der Waals surface area contributed by atoms with E-state index < -0.39 is 12.7 Å². The maximum absolute atomic E-state index is 10.5. The van der Waals surface area contributed by atoms with Crippen molar-refractivity contribution in [3.05, 3.63) is 0 Å². The molecule has 1 rings (SSSR count). The Kier molecular flexibility index (Phi) is 2.41. The first-order valence-electron chi connectivity index (χ1n) is 5.09. The first-order chi connectivity index (χ1) is 6.38. The zero-order valence-electron chi connectivity index (χ0n) is 8.86. The highest BCUT2D eigenvalue weighted by atomic mass is 16.4. The Morgan fingerprint density at radius 1 is 1.58 bits per heavy atom. The van der Waals surface area contributed by atoms with Gasteiger partial charge in [-0.25, -0.2) is 4.79 Å². The average Bonchev–Trinajstić information content (AvgIpc) is 2.02. The summed E-state index contributed by atoms with van der Waals surface area (Å²) in [5, 5.41) is 17.6. The van der Waals surface area contributed by atoms with Gasteiger partial charge in [0.2, 0.25) is 0 Å². The van der Waals surface area contributed by atoms with E-state index in [-0.39, 0.29) is 12.3 Å². The van der Waals surface area contributed by atoms with E-state index in [0.29, 0.717) is 25.9 Å². The van der Waals surface area contributed by atoms with Gasteiger partial charge < -0.3 is 15.1 Å². The molecule has 70 valence electrons. The quantitative estimate of drug-likeness (QED) is 0.651. The second-order valence-electron chi connectivity index (χ2n) is 3.08. The van der Waals surface area contributed by atoms with Gasteiger partial charge in [0.25, 0.3) is 0 Å². The molecular weight excluding hydrogens is 158 g/mol. The number of hydrogen-bond donors (Lipinski definition) is 2. The van der Waals surface area contributed by atoms with Crippen molar-refractivity contribution in [1.82, 2.24) is 4.90 Å². The highest BCUT2D eigenvalue weighted by Crippen LogP contribution is 2.19. The van der Waals surface area contributed by atoms with E-state index in [2.05, 4.69) is 0 Å². The van der Waals surface area contributed by atoms with Crippen LogP contribution in [-0.2, 0) is 0 Å². The molecule has 0 aromatic carbocycles. The molecule has 0 aromatic rings. The standard InChI is InChI=1S/C8H15NO3/c10-6-3-7-1-4-9(5-2-7)8(11)12/h7,10H,1-6H2,(H,11,12)/i6D2. The van der Waals surface area contributed by atoms with Crippen molar-refractivity contribution in [1.29, 1.82) is 0 Å². The van der Waals surface area contributed by atoms with Gasteiger partial charge in [-0.05, 0) is 25.2 Å². The molecule has 0 aromatic heterocycles. The molecule has 12 heavy (non-hydrogen) atoms. The Morgan fingerprint density at radius 2 is 2.17 bits per heavy atom. The van der Waals surface area contributed by atoms with E-state index in [1.165, 1.54) is 4.90 Å². The Morgan fingerprint density at radius 3 is 2.58 bits per heavy atom. The van der Waals surface area contributed by atoms with E-state index in [9.17, 15) is 4.79 Å². The first-order valence-corrected chi connectivity index (χ1v) is 4.09. The van der Waals surface area contributed by atoms with Gasteiger partial charge in [0, 0.05) is 19.6 Å². The summed E-state index contributed by atoms with van der Waals surface area (Å²) in [6.45, 7) is -1.25. The SMILES string of the molecule is [2H]C([2H])(O)CC1CCN(C(=O)O)CC1. The number of carboxylic acid groups (broad SMARTS) is 1. The highest BCUT2D eigenvalue weighted by Gasteiger charge is 2.21. The van der Waals surface area contributed by atoms with Crippen LogP contribution in [-0.4, -0.2) is 40.9 Å². The maximum Gasteiger partial charge on any atom is 0.407 e. The molecule has 0 aliphatic carbocycles. The zero-order chi connectivity index (χ0) is 10.8. The number of carbonyl (C=O) groups is 1. The third-order valence-corrected chi connectivity index (χ3v) is 2.27. The summed E-state index contributed by atoms with van der Waals surface area (Å²) in [6.07, 6.45) is 0.439. The number of hydrogen-bond acceptors (Lipinski definition) is 2. The van der Waals surface area contributed by atoms with Crippen LogP contribution < -0.4 is 0 Å². The number of piperidine rings is 1. The molecule has 0 atom stereocenters. The molecule has 4 nitrogen and oxygen atoms in total. The molecule has 1 fully saturated rings. The summed E-state index contributed by atoms with van der Waals surface area (Å²) in [4.78, 5) is 11.9. The highest BCUT2D eigenvalue weighted by molar-refractivity contribution is 5.64. The van der Waals surface area contributed by atoms with E-state index in [1.807, 2.05) is 0 Å². The lowest BCUT2D eigenvalue weighted by atomic mass is 9.94. The summed E-state index contributed by atoms with van der Waals surface area (Å²) < 4.78 is 14.0. The average molecular weight is 175 g/mol. The zero-order valence-corrected chi connectivity index (χ0v) is 6.86. The Labute approximate surface area is 74.6 Å². The fraction of sp³-hybridized carbons (Fsp3) is 0.875. The molecule has 1 aliphatic heterocycles. The van der Waals surface area contributed by atoms with Gasteiger partial charge in [-0.1, -0.05) is 0 Å². The van der Waals surface area contributed by atoms with Gasteiger partial charge in [-0.15, -0.1) is 0 Å². The Balaban J connectivity index is 2.33. The van der Waals surface area contributed by atoms with Crippen molar-refractivity contribution < 1.29 is 17.7 Å². The second-order valence-corrected chi connectivity index (χ2v) is 3.08. The van der Waals surface area contributed by atoms with Crippen molar-refractivity contribution in [2.75, 3.05) is 19.6 Å². The Bertz CT molecular complexity index is 209. The van der Waals surface area contributed by atoms with Crippen molar-refractivity contribution in [3.8, 4) is 0 Å². The van der Waals surface area contributed by atoms with Gasteiger partial charge in [0.15, 0.2) is 0 Å². The minimum atomic E-state index is -2.13. The van der Waals surface area contributed by atoms with Crippen LogP contribution in [0.15, 0.2) is 0 Å². The molecule has 0 bridgehead atoms. The van der Waals surface area contributed by atoms with Crippen LogP contribution in [0.4, 0.5) is 4.79 Å². The normalized spacial score (nSPS) is 23.2. The van der Waals surface area contributed by atoms with Crippen LogP contribution in [0.2, 0.25) is 0 Å². The summed E-state index contributed by atoms with van der Waals surface area (Å²) in [5.41, 5.74) is 0. The van der Waals surface area contributed by atoms with Crippen molar-refractivity contribution in [3.63, 3.8) is 0 Å². The number of amides is 1. The fourth-order valence-corrected chi connectivity index (χ4v) is 1.46. The largest absolute Gasteiger partial charge is 0.465 e. The van der Waals surface area contributed by atoms with Gasteiger partial charge in [0.05, 0.1) is 2.74 Å². The maximum atomic E-state index is 10.5. The summed E-state index contributed by atoms with van der Waals surface area (Å²) in [6, 6.07) is 0. The van der Waals surface area contributed by atoms with Crippen LogP contribution in [0.25, 0.3) is 0 Å². The molecule has 4 heteroatoms. The number of nitrogens with zero attached hydrogens (tertiary/aromatic N) is 1. The molecule has 0 unspecified atom stereocenters. The third-order valence-electron chi connectivity index (χ3n) is 2.27. The second kappa shape index (κ2) is 4.30. The van der Waals surface area contributed by atoms with E-state index >= 15 is 0 Å². The minimum Gasteiger partial charge on any atom is -0.465 e. The number of aliphatic hydroxyl groups is 1. The smallest absolute Gasteiger partial charge is 0.407 e. The van der Waals surface area contributed by atoms with E-state index in [1.54, 1.807) is 0 Å². The van der Waals surface area contributed by atoms with Crippen LogP contribution in [0.5, 0.6) is 0 Å². The fourth-order valence-electron chi connectivity index (χ4n) is 1.46. The third kappa shape index (κ3) is 2.37. The molecule has 1 heterocycles. The summed E-state index contributed by atoms with van der Waals surface area (Å²) >= 11 is 0. The van der Waals surface area contributed by atoms with Gasteiger partial charge >= 0.3 is 6.09 Å². The molecule has 1 saturated heterocycles. The molecule has 0 spiro atoms. The van der Waals surface area contributed by atoms with Crippen LogP contribution in [0.1, 0.15) is 22.0 Å². The van der Waals surface area contributed by atoms with Crippen LogP contribution in [0, 0.1) is 5.92 Å². The number of likely N-dealkylation sites (tertiary alicyclic amines) is 1. The van der Waals surface area contributed by atoms with Gasteiger partial charge in [-0.3, -0.25) is 0 Å². The number of rotatable bonds is 2. The lowest BCUT2D eigenvalue weighted by Gasteiger charge is -2.29. The minimum absolute atomic E-state index is 0.0885. The molecule has 1 amide bonds. The molecular formula is C8H15NO3. The van der Waals surface area contributed by atoms with Crippen molar-refractivity contribution in [2.24, 2.45) is 5.92 Å². The van der Waals surface area contributed by atoms with Crippen LogP contribution in [0.3, 0.4) is 0 Å². The molecule has 1 aliphatic rings. The first kappa shape index (κ1) is 6.71. The lowest BCUT2D eigenvalue weighted by Crippen LogP contribution is -2.37. The predicted molar refractivity (Wildman–Crippen MR) is 44.0 cm³/mol. The topological polar surface area (TPSA) is 60.8 Å². The van der Waals surface area contributed by atoms with E-state index in [4.69, 9.17) is 13.0 Å². The van der Waals surface area contributed by atoms with Gasteiger partial charge in [-0.2, -0.15) is 0 Å². The van der Waals surface area contributed by atoms with Crippen molar-refractivity contribution in [2.45, 2.75) is 19.3 Å².